The number of aromatic nitrogens is 1. The Labute approximate surface area is 126 Å². The maximum atomic E-state index is 5.75. The van der Waals surface area contributed by atoms with Gasteiger partial charge in [-0.1, -0.05) is 18.2 Å². The summed E-state index contributed by atoms with van der Waals surface area (Å²) in [6.07, 6.45) is 2.73. The quantitative estimate of drug-likeness (QED) is 0.807. The van der Waals surface area contributed by atoms with Crippen molar-refractivity contribution in [2.75, 3.05) is 26.7 Å². The number of rotatable bonds is 8. The maximum absolute atomic E-state index is 5.75. The highest BCUT2D eigenvalue weighted by atomic mass is 16.5. The Balaban J connectivity index is 1.71. The molecule has 0 radical (unpaired) electrons. The Kier molecular flexibility index (Phi) is 6.19. The first-order valence-corrected chi connectivity index (χ1v) is 7.28. The number of likely N-dealkylation sites (N-methyl/N-ethyl adjacent to an activating group) is 1. The second kappa shape index (κ2) is 8.39. The number of ether oxygens (including phenoxy) is 1. The Morgan fingerprint density at radius 2 is 1.95 bits per heavy atom. The lowest BCUT2D eigenvalue weighted by atomic mass is 10.1. The van der Waals surface area contributed by atoms with E-state index < -0.39 is 0 Å². The van der Waals surface area contributed by atoms with Gasteiger partial charge in [-0.15, -0.1) is 0 Å². The predicted molar refractivity (Wildman–Crippen MR) is 85.3 cm³/mol. The van der Waals surface area contributed by atoms with Gasteiger partial charge in [-0.05, 0) is 49.8 Å². The van der Waals surface area contributed by atoms with Crippen LogP contribution in [0.4, 0.5) is 0 Å². The Morgan fingerprint density at radius 3 is 2.62 bits per heavy atom. The fraction of sp³-hybridized carbons (Fsp3) is 0.353. The van der Waals surface area contributed by atoms with E-state index in [9.17, 15) is 0 Å². The molecule has 4 nitrogen and oxygen atoms in total. The minimum Gasteiger partial charge on any atom is -0.492 e. The van der Waals surface area contributed by atoms with Crippen LogP contribution in [0.2, 0.25) is 0 Å². The van der Waals surface area contributed by atoms with E-state index in [1.807, 2.05) is 36.5 Å². The van der Waals surface area contributed by atoms with Crippen molar-refractivity contribution in [3.8, 4) is 5.75 Å². The zero-order valence-electron chi connectivity index (χ0n) is 12.5. The molecule has 1 heterocycles. The molecule has 1 aromatic heterocycles. The van der Waals surface area contributed by atoms with Crippen LogP contribution < -0.4 is 10.5 Å². The monoisotopic (exact) mass is 285 g/mol. The van der Waals surface area contributed by atoms with E-state index >= 15 is 0 Å². The minimum absolute atomic E-state index is 0.666. The van der Waals surface area contributed by atoms with Gasteiger partial charge in [-0.3, -0.25) is 9.88 Å². The van der Waals surface area contributed by atoms with Gasteiger partial charge >= 0.3 is 0 Å². The third kappa shape index (κ3) is 5.53. The van der Waals surface area contributed by atoms with Gasteiger partial charge in [0.15, 0.2) is 0 Å². The number of nitrogens with zero attached hydrogens (tertiary/aromatic N) is 2. The zero-order valence-corrected chi connectivity index (χ0v) is 12.5. The van der Waals surface area contributed by atoms with E-state index in [0.717, 1.165) is 31.0 Å². The second-order valence-corrected chi connectivity index (χ2v) is 5.09. The summed E-state index contributed by atoms with van der Waals surface area (Å²) < 4.78 is 5.75. The molecule has 0 fully saturated rings. The molecule has 1 aromatic carbocycles. The van der Waals surface area contributed by atoms with E-state index in [2.05, 4.69) is 29.1 Å². The maximum Gasteiger partial charge on any atom is 0.119 e. The standard InChI is InChI=1S/C17H23N3O/c1-20(14-16-4-2-3-11-19-16)12-13-21-17-7-5-15(6-8-17)9-10-18/h2-8,11H,9-10,12-14,18H2,1H3. The molecule has 0 saturated heterocycles. The number of benzene rings is 1. The molecule has 112 valence electrons. The molecule has 0 spiro atoms. The summed E-state index contributed by atoms with van der Waals surface area (Å²) in [5.41, 5.74) is 7.86. The van der Waals surface area contributed by atoms with E-state index in [1.165, 1.54) is 5.56 Å². The van der Waals surface area contributed by atoms with Crippen LogP contribution in [0, 0.1) is 0 Å². The van der Waals surface area contributed by atoms with E-state index in [0.29, 0.717) is 13.2 Å². The number of hydrogen-bond donors (Lipinski definition) is 1. The molecule has 0 atom stereocenters. The number of nitrogens with two attached hydrogens (primary N) is 1. The lowest BCUT2D eigenvalue weighted by Crippen LogP contribution is -2.24. The summed E-state index contributed by atoms with van der Waals surface area (Å²) in [5, 5.41) is 0. The first-order valence-electron chi connectivity index (χ1n) is 7.28. The van der Waals surface area contributed by atoms with Crippen LogP contribution >= 0.6 is 0 Å². The predicted octanol–water partition coefficient (Wildman–Crippen LogP) is 2.09. The summed E-state index contributed by atoms with van der Waals surface area (Å²) in [7, 11) is 2.07. The van der Waals surface area contributed by atoms with Crippen molar-refractivity contribution >= 4 is 0 Å². The van der Waals surface area contributed by atoms with E-state index in [1.54, 1.807) is 0 Å². The van der Waals surface area contributed by atoms with Crippen LogP contribution in [-0.2, 0) is 13.0 Å². The van der Waals surface area contributed by atoms with Gasteiger partial charge in [0.25, 0.3) is 0 Å². The van der Waals surface area contributed by atoms with Gasteiger partial charge in [-0.25, -0.2) is 0 Å². The van der Waals surface area contributed by atoms with Crippen molar-refractivity contribution in [2.24, 2.45) is 5.73 Å². The topological polar surface area (TPSA) is 51.4 Å². The smallest absolute Gasteiger partial charge is 0.119 e. The van der Waals surface area contributed by atoms with E-state index in [-0.39, 0.29) is 0 Å². The highest BCUT2D eigenvalue weighted by Crippen LogP contribution is 2.12. The average molecular weight is 285 g/mol. The molecule has 21 heavy (non-hydrogen) atoms. The van der Waals surface area contributed by atoms with Crippen molar-refractivity contribution in [3.05, 3.63) is 59.9 Å². The summed E-state index contributed by atoms with van der Waals surface area (Å²) in [6.45, 7) is 3.04. The third-order valence-corrected chi connectivity index (χ3v) is 3.26. The van der Waals surface area contributed by atoms with Gasteiger partial charge in [0, 0.05) is 19.3 Å². The summed E-state index contributed by atoms with van der Waals surface area (Å²) >= 11 is 0. The third-order valence-electron chi connectivity index (χ3n) is 3.26. The molecule has 0 amide bonds. The molecule has 0 aliphatic carbocycles. The Hall–Kier alpha value is -1.91. The Morgan fingerprint density at radius 1 is 1.14 bits per heavy atom. The molecule has 0 bridgehead atoms. The van der Waals surface area contributed by atoms with Gasteiger partial charge in [-0.2, -0.15) is 0 Å². The first-order chi connectivity index (χ1) is 10.3. The molecule has 2 N–H and O–H groups in total. The molecule has 0 unspecified atom stereocenters. The first kappa shape index (κ1) is 15.5. The Bertz CT molecular complexity index is 513. The lowest BCUT2D eigenvalue weighted by Gasteiger charge is -2.16. The fourth-order valence-corrected chi connectivity index (χ4v) is 2.09. The zero-order chi connectivity index (χ0) is 14.9. The van der Waals surface area contributed by atoms with Crippen molar-refractivity contribution in [3.63, 3.8) is 0 Å². The highest BCUT2D eigenvalue weighted by Gasteiger charge is 2.01. The molecule has 0 aliphatic heterocycles. The highest BCUT2D eigenvalue weighted by molar-refractivity contribution is 5.27. The fourth-order valence-electron chi connectivity index (χ4n) is 2.09. The molecule has 0 saturated carbocycles. The van der Waals surface area contributed by atoms with Crippen LogP contribution in [0.25, 0.3) is 0 Å². The molecular weight excluding hydrogens is 262 g/mol. The molecule has 2 aromatic rings. The van der Waals surface area contributed by atoms with Gasteiger partial charge in [0.05, 0.1) is 5.69 Å². The van der Waals surface area contributed by atoms with Crippen molar-refractivity contribution in [2.45, 2.75) is 13.0 Å². The summed E-state index contributed by atoms with van der Waals surface area (Å²) in [6, 6.07) is 14.1. The van der Waals surface area contributed by atoms with Crippen LogP contribution in [0.5, 0.6) is 5.75 Å². The van der Waals surface area contributed by atoms with Crippen LogP contribution in [0.3, 0.4) is 0 Å². The number of hydrogen-bond acceptors (Lipinski definition) is 4. The van der Waals surface area contributed by atoms with Gasteiger partial charge in [0.2, 0.25) is 0 Å². The molecule has 0 aliphatic rings. The molecule has 4 heteroatoms. The average Bonchev–Trinajstić information content (AvgIpc) is 2.50. The van der Waals surface area contributed by atoms with Gasteiger partial charge < -0.3 is 10.5 Å². The van der Waals surface area contributed by atoms with Crippen molar-refractivity contribution in [1.29, 1.82) is 0 Å². The summed E-state index contributed by atoms with van der Waals surface area (Å²) in [4.78, 5) is 6.52. The minimum atomic E-state index is 0.666. The largest absolute Gasteiger partial charge is 0.492 e. The van der Waals surface area contributed by atoms with Crippen LogP contribution in [0.15, 0.2) is 48.7 Å². The SMILES string of the molecule is CN(CCOc1ccc(CCN)cc1)Cc1ccccn1. The second-order valence-electron chi connectivity index (χ2n) is 5.09. The number of pyridine rings is 1. The van der Waals surface area contributed by atoms with E-state index in [4.69, 9.17) is 10.5 Å². The van der Waals surface area contributed by atoms with Gasteiger partial charge in [0.1, 0.15) is 12.4 Å². The molecular formula is C17H23N3O. The lowest BCUT2D eigenvalue weighted by molar-refractivity contribution is 0.231. The van der Waals surface area contributed by atoms with Crippen molar-refractivity contribution < 1.29 is 4.74 Å². The normalized spacial score (nSPS) is 10.8. The van der Waals surface area contributed by atoms with Crippen LogP contribution in [0.1, 0.15) is 11.3 Å². The van der Waals surface area contributed by atoms with Crippen molar-refractivity contribution in [1.82, 2.24) is 9.88 Å². The summed E-state index contributed by atoms with van der Waals surface area (Å²) in [5.74, 6) is 0.905. The molecule has 2 rings (SSSR count). The van der Waals surface area contributed by atoms with Crippen LogP contribution in [-0.4, -0.2) is 36.6 Å².